The molecule has 0 amide bonds. The van der Waals surface area contributed by atoms with Crippen LogP contribution in [0.25, 0.3) is 0 Å². The van der Waals surface area contributed by atoms with Gasteiger partial charge in [-0.2, -0.15) is 9.37 Å². The first kappa shape index (κ1) is 21.0. The van der Waals surface area contributed by atoms with Gasteiger partial charge in [-0.1, -0.05) is 29.3 Å². The molecule has 2 N–H and O–H groups in total. The third kappa shape index (κ3) is 5.12. The summed E-state index contributed by atoms with van der Waals surface area (Å²) in [6, 6.07) is 3.23. The van der Waals surface area contributed by atoms with Crippen LogP contribution in [-0.4, -0.2) is 30.5 Å². The number of hydrogen-bond donors (Lipinski definition) is 1. The van der Waals surface area contributed by atoms with Gasteiger partial charge < -0.3 is 24.7 Å². The molecular weight excluding hydrogens is 426 g/mol. The standard InChI is InChI=1S/C15H13Cl2FN2O6S/c1-6(25-15(22)23-2)24-14(21)11(7-4-3-5-27-7)26-13-9(17)10(19)8(16)12(18)20-13/h3-6,11H,1-2H3,(H2,19,20). The number of hydrogen-bond acceptors (Lipinski definition) is 9. The molecule has 27 heavy (non-hydrogen) atoms. The molecule has 2 unspecified atom stereocenters. The predicted octanol–water partition coefficient (Wildman–Crippen LogP) is 3.96. The smallest absolute Gasteiger partial charge is 0.455 e. The van der Waals surface area contributed by atoms with E-state index in [0.29, 0.717) is 4.88 Å². The summed E-state index contributed by atoms with van der Waals surface area (Å²) in [5.74, 6) is -2.51. The first-order chi connectivity index (χ1) is 12.7. The zero-order valence-electron chi connectivity index (χ0n) is 13.9. The monoisotopic (exact) mass is 438 g/mol. The average molecular weight is 439 g/mol. The van der Waals surface area contributed by atoms with Crippen LogP contribution in [0, 0.1) is 5.95 Å². The number of halogens is 3. The van der Waals surface area contributed by atoms with Gasteiger partial charge in [-0.25, -0.2) is 9.59 Å². The van der Waals surface area contributed by atoms with Gasteiger partial charge in [0.15, 0.2) is 0 Å². The third-order valence-corrected chi connectivity index (χ3v) is 4.64. The van der Waals surface area contributed by atoms with Crippen molar-refractivity contribution in [1.29, 1.82) is 0 Å². The number of esters is 1. The molecule has 2 heterocycles. The zero-order chi connectivity index (χ0) is 20.1. The fourth-order valence-electron chi connectivity index (χ4n) is 1.80. The molecule has 0 bridgehead atoms. The first-order valence-corrected chi connectivity index (χ1v) is 8.83. The molecule has 0 aliphatic carbocycles. The maximum atomic E-state index is 13.8. The number of carbonyl (C=O) groups is 2. The number of thiophene rings is 1. The van der Waals surface area contributed by atoms with Gasteiger partial charge in [0.05, 0.1) is 17.7 Å². The van der Waals surface area contributed by atoms with E-state index in [9.17, 15) is 14.0 Å². The average Bonchev–Trinajstić information content (AvgIpc) is 3.15. The van der Waals surface area contributed by atoms with Crippen LogP contribution in [0.1, 0.15) is 17.9 Å². The number of nitrogen functional groups attached to an aromatic ring is 1. The molecule has 0 aromatic carbocycles. The second kappa shape index (κ2) is 9.07. The van der Waals surface area contributed by atoms with E-state index in [0.717, 1.165) is 18.4 Å². The van der Waals surface area contributed by atoms with E-state index < -0.39 is 41.4 Å². The highest BCUT2D eigenvalue weighted by Crippen LogP contribution is 2.38. The van der Waals surface area contributed by atoms with Crippen molar-refractivity contribution in [2.24, 2.45) is 0 Å². The lowest BCUT2D eigenvalue weighted by Gasteiger charge is -2.20. The van der Waals surface area contributed by atoms with Crippen molar-refractivity contribution >= 4 is 52.4 Å². The van der Waals surface area contributed by atoms with E-state index in [-0.39, 0.29) is 10.7 Å². The van der Waals surface area contributed by atoms with Crippen molar-refractivity contribution in [2.75, 3.05) is 12.8 Å². The molecular formula is C15H13Cl2FN2O6S. The Bertz CT molecular complexity index is 836. The van der Waals surface area contributed by atoms with Crippen LogP contribution in [0.3, 0.4) is 0 Å². The highest BCUT2D eigenvalue weighted by molar-refractivity contribution is 7.10. The summed E-state index contributed by atoms with van der Waals surface area (Å²) < 4.78 is 33.2. The molecule has 0 spiro atoms. The van der Waals surface area contributed by atoms with Crippen molar-refractivity contribution < 1.29 is 32.9 Å². The molecule has 2 aromatic rings. The second-order valence-electron chi connectivity index (χ2n) is 4.84. The number of nitrogens with two attached hydrogens (primary N) is 1. The van der Waals surface area contributed by atoms with E-state index in [1.807, 2.05) is 0 Å². The van der Waals surface area contributed by atoms with Gasteiger partial charge in [0, 0.05) is 6.92 Å². The fourth-order valence-corrected chi connectivity index (χ4v) is 2.90. The minimum absolute atomic E-state index is 0.269. The number of aromatic nitrogens is 1. The Balaban J connectivity index is 2.26. The van der Waals surface area contributed by atoms with Gasteiger partial charge in [-0.3, -0.25) is 0 Å². The largest absolute Gasteiger partial charge is 0.511 e. The molecule has 2 atom stereocenters. The normalized spacial score (nSPS) is 12.8. The van der Waals surface area contributed by atoms with Gasteiger partial charge in [0.1, 0.15) is 10.0 Å². The van der Waals surface area contributed by atoms with Gasteiger partial charge in [0.25, 0.3) is 0 Å². The molecule has 146 valence electrons. The number of nitrogens with zero attached hydrogens (tertiary/aromatic N) is 1. The first-order valence-electron chi connectivity index (χ1n) is 7.19. The molecule has 8 nitrogen and oxygen atoms in total. The molecule has 0 saturated carbocycles. The van der Waals surface area contributed by atoms with Crippen molar-refractivity contribution in [3.05, 3.63) is 38.4 Å². The summed E-state index contributed by atoms with van der Waals surface area (Å²) >= 11 is 12.8. The lowest BCUT2D eigenvalue weighted by Crippen LogP contribution is -2.28. The summed E-state index contributed by atoms with van der Waals surface area (Å²) in [6.07, 6.45) is -3.69. The molecule has 2 rings (SSSR count). The number of ether oxygens (including phenoxy) is 4. The van der Waals surface area contributed by atoms with E-state index in [1.54, 1.807) is 17.5 Å². The number of carbonyl (C=O) groups excluding carboxylic acids is 2. The van der Waals surface area contributed by atoms with Crippen molar-refractivity contribution in [3.8, 4) is 5.88 Å². The Kier molecular flexibility index (Phi) is 7.05. The number of anilines is 1. The molecule has 2 aromatic heterocycles. The van der Waals surface area contributed by atoms with E-state index in [1.165, 1.54) is 6.92 Å². The molecule has 0 radical (unpaired) electrons. The summed E-state index contributed by atoms with van der Waals surface area (Å²) in [6.45, 7) is 1.30. The van der Waals surface area contributed by atoms with Crippen LogP contribution in [0.4, 0.5) is 14.9 Å². The topological polar surface area (TPSA) is 110 Å². The lowest BCUT2D eigenvalue weighted by molar-refractivity contribution is -0.176. The maximum absolute atomic E-state index is 13.8. The van der Waals surface area contributed by atoms with Gasteiger partial charge in [-0.05, 0) is 11.4 Å². The minimum Gasteiger partial charge on any atom is -0.455 e. The molecule has 0 saturated heterocycles. The Morgan fingerprint density at radius 3 is 2.59 bits per heavy atom. The van der Waals surface area contributed by atoms with E-state index in [4.69, 9.17) is 38.4 Å². The van der Waals surface area contributed by atoms with Crippen molar-refractivity contribution in [1.82, 2.24) is 4.98 Å². The second-order valence-corrected chi connectivity index (χ2v) is 6.57. The minimum atomic E-state index is -1.38. The van der Waals surface area contributed by atoms with Crippen LogP contribution in [-0.2, 0) is 19.0 Å². The summed E-state index contributed by atoms with van der Waals surface area (Å²) in [5, 5.41) is 0.941. The highest BCUT2D eigenvalue weighted by Gasteiger charge is 2.30. The lowest BCUT2D eigenvalue weighted by atomic mass is 10.3. The third-order valence-electron chi connectivity index (χ3n) is 3.00. The fraction of sp³-hybridized carbons (Fsp3) is 0.267. The quantitative estimate of drug-likeness (QED) is 0.409. The van der Waals surface area contributed by atoms with Crippen molar-refractivity contribution in [3.63, 3.8) is 0 Å². The van der Waals surface area contributed by atoms with Gasteiger partial charge in [0.2, 0.25) is 24.2 Å². The number of methoxy groups -OCH3 is 1. The number of rotatable bonds is 6. The van der Waals surface area contributed by atoms with Crippen LogP contribution in [0.15, 0.2) is 17.5 Å². The van der Waals surface area contributed by atoms with Gasteiger partial charge >= 0.3 is 12.1 Å². The van der Waals surface area contributed by atoms with Gasteiger partial charge in [-0.15, -0.1) is 11.3 Å². The maximum Gasteiger partial charge on any atom is 0.511 e. The molecule has 0 aliphatic rings. The summed E-state index contributed by atoms with van der Waals surface area (Å²) in [7, 11) is 1.10. The number of pyridine rings is 1. The van der Waals surface area contributed by atoms with Crippen LogP contribution < -0.4 is 10.5 Å². The Hall–Kier alpha value is -2.30. The van der Waals surface area contributed by atoms with Crippen molar-refractivity contribution in [2.45, 2.75) is 19.3 Å². The Morgan fingerprint density at radius 1 is 1.30 bits per heavy atom. The Labute approximate surface area is 166 Å². The SMILES string of the molecule is COC(=O)OC(C)OC(=O)C(Oc1nc(F)c(Cl)c(N)c1Cl)c1cccs1. The predicted molar refractivity (Wildman–Crippen MR) is 95.4 cm³/mol. The zero-order valence-corrected chi connectivity index (χ0v) is 16.2. The molecule has 0 aliphatic heterocycles. The Morgan fingerprint density at radius 2 is 2.00 bits per heavy atom. The van der Waals surface area contributed by atoms with E-state index in [2.05, 4.69) is 14.5 Å². The van der Waals surface area contributed by atoms with Crippen LogP contribution in [0.2, 0.25) is 10.0 Å². The summed E-state index contributed by atoms with van der Waals surface area (Å²) in [5.41, 5.74) is 5.31. The van der Waals surface area contributed by atoms with E-state index >= 15 is 0 Å². The molecule has 12 heteroatoms. The highest BCUT2D eigenvalue weighted by atomic mass is 35.5. The molecule has 0 fully saturated rings. The van der Waals surface area contributed by atoms with Crippen LogP contribution in [0.5, 0.6) is 5.88 Å². The summed E-state index contributed by atoms with van der Waals surface area (Å²) in [4.78, 5) is 27.4. The van der Waals surface area contributed by atoms with Crippen LogP contribution >= 0.6 is 34.5 Å².